The highest BCUT2D eigenvalue weighted by Gasteiger charge is 2.21. The summed E-state index contributed by atoms with van der Waals surface area (Å²) in [6.45, 7) is 3.49. The number of anilines is 2. The van der Waals surface area contributed by atoms with E-state index in [0.717, 1.165) is 5.56 Å². The summed E-state index contributed by atoms with van der Waals surface area (Å²) in [5.41, 5.74) is 1.92. The van der Waals surface area contributed by atoms with Crippen LogP contribution in [0.1, 0.15) is 11.1 Å². The van der Waals surface area contributed by atoms with Gasteiger partial charge in [0.05, 0.1) is 15.6 Å². The Morgan fingerprint density at radius 1 is 0.690 bits per heavy atom. The molecule has 0 bridgehead atoms. The van der Waals surface area contributed by atoms with Crippen LogP contribution in [0, 0.1) is 13.8 Å². The molecule has 0 aromatic heterocycles. The van der Waals surface area contributed by atoms with E-state index in [4.69, 9.17) is 11.6 Å². The zero-order chi connectivity index (χ0) is 21.2. The monoisotopic (exact) mass is 450 g/mol. The molecule has 0 radical (unpaired) electrons. The second-order valence-electron chi connectivity index (χ2n) is 6.49. The van der Waals surface area contributed by atoms with Gasteiger partial charge in [0.25, 0.3) is 20.0 Å². The molecule has 0 unspecified atom stereocenters. The molecule has 0 fully saturated rings. The van der Waals surface area contributed by atoms with Gasteiger partial charge in [0.2, 0.25) is 0 Å². The van der Waals surface area contributed by atoms with Gasteiger partial charge in [-0.25, -0.2) is 16.8 Å². The molecule has 0 saturated heterocycles. The van der Waals surface area contributed by atoms with E-state index in [0.29, 0.717) is 11.3 Å². The molecule has 0 spiro atoms. The maximum atomic E-state index is 12.9. The van der Waals surface area contributed by atoms with Gasteiger partial charge in [-0.3, -0.25) is 9.44 Å². The lowest BCUT2D eigenvalue weighted by Crippen LogP contribution is -2.16. The van der Waals surface area contributed by atoms with Crippen molar-refractivity contribution in [1.29, 1.82) is 0 Å². The molecule has 0 aliphatic carbocycles. The van der Waals surface area contributed by atoms with Crippen molar-refractivity contribution in [3.05, 3.63) is 82.9 Å². The summed E-state index contributed by atoms with van der Waals surface area (Å²) in [5.74, 6) is 0. The van der Waals surface area contributed by atoms with Crippen molar-refractivity contribution in [3.8, 4) is 0 Å². The topological polar surface area (TPSA) is 92.3 Å². The van der Waals surface area contributed by atoms with Crippen molar-refractivity contribution in [2.24, 2.45) is 0 Å². The summed E-state index contributed by atoms with van der Waals surface area (Å²) < 4.78 is 55.9. The minimum absolute atomic E-state index is 0.0293. The van der Waals surface area contributed by atoms with Crippen LogP contribution < -0.4 is 9.44 Å². The van der Waals surface area contributed by atoms with Crippen molar-refractivity contribution >= 4 is 43.0 Å². The first-order valence-electron chi connectivity index (χ1n) is 8.56. The average molecular weight is 451 g/mol. The van der Waals surface area contributed by atoms with Crippen LogP contribution in [0.15, 0.2) is 76.5 Å². The summed E-state index contributed by atoms with van der Waals surface area (Å²) in [6.07, 6.45) is 0. The van der Waals surface area contributed by atoms with Crippen LogP contribution in [-0.2, 0) is 20.0 Å². The minimum Gasteiger partial charge on any atom is -0.280 e. The largest absolute Gasteiger partial charge is 0.280 e. The number of hydrogen-bond acceptors (Lipinski definition) is 4. The van der Waals surface area contributed by atoms with Crippen molar-refractivity contribution in [3.63, 3.8) is 0 Å². The number of aryl methyl sites for hydroxylation is 2. The van der Waals surface area contributed by atoms with Crippen molar-refractivity contribution < 1.29 is 16.8 Å². The third kappa shape index (κ3) is 4.90. The first-order valence-corrected chi connectivity index (χ1v) is 11.9. The molecule has 0 amide bonds. The van der Waals surface area contributed by atoms with Crippen LogP contribution in [0.25, 0.3) is 0 Å². The van der Waals surface area contributed by atoms with Crippen LogP contribution in [0.2, 0.25) is 5.02 Å². The Balaban J connectivity index is 1.95. The number of rotatable bonds is 6. The molecule has 3 rings (SSSR count). The van der Waals surface area contributed by atoms with E-state index in [1.807, 2.05) is 13.0 Å². The molecule has 0 saturated carbocycles. The fourth-order valence-corrected chi connectivity index (χ4v) is 5.64. The zero-order valence-corrected chi connectivity index (χ0v) is 18.1. The van der Waals surface area contributed by atoms with Gasteiger partial charge in [0.15, 0.2) is 0 Å². The van der Waals surface area contributed by atoms with Gasteiger partial charge in [0, 0.05) is 5.69 Å². The SMILES string of the molecule is Cc1cccc(NS(=O)(=O)c2cc(NS(=O)(=O)c3ccccc3Cl)ccc2C)c1. The van der Waals surface area contributed by atoms with Gasteiger partial charge in [-0.05, 0) is 61.4 Å². The van der Waals surface area contributed by atoms with E-state index in [2.05, 4.69) is 9.44 Å². The van der Waals surface area contributed by atoms with Gasteiger partial charge in [-0.15, -0.1) is 0 Å². The maximum Gasteiger partial charge on any atom is 0.263 e. The molecule has 29 heavy (non-hydrogen) atoms. The fourth-order valence-electron chi connectivity index (χ4n) is 2.74. The van der Waals surface area contributed by atoms with Gasteiger partial charge in [0.1, 0.15) is 4.90 Å². The van der Waals surface area contributed by atoms with E-state index in [1.165, 1.54) is 30.3 Å². The Labute approximate surface area is 175 Å². The lowest BCUT2D eigenvalue weighted by Gasteiger charge is -2.14. The first-order chi connectivity index (χ1) is 13.6. The standard InChI is InChI=1S/C20H19ClN2O4S2/c1-14-6-5-7-16(12-14)22-29(26,27)20-13-17(11-10-15(20)2)23-28(24,25)19-9-4-3-8-18(19)21/h3-13,22-23H,1-2H3. The fraction of sp³-hybridized carbons (Fsp3) is 0.100. The molecule has 6 nitrogen and oxygen atoms in total. The highest BCUT2D eigenvalue weighted by molar-refractivity contribution is 7.93. The Bertz CT molecular complexity index is 1270. The third-order valence-corrected chi connectivity index (χ3v) is 7.53. The van der Waals surface area contributed by atoms with E-state index in [-0.39, 0.29) is 20.5 Å². The Hall–Kier alpha value is -2.55. The third-order valence-electron chi connectivity index (χ3n) is 4.13. The molecule has 152 valence electrons. The molecule has 0 aliphatic heterocycles. The summed E-state index contributed by atoms with van der Waals surface area (Å²) in [4.78, 5) is -0.122. The van der Waals surface area contributed by atoms with Crippen LogP contribution >= 0.6 is 11.6 Å². The predicted octanol–water partition coefficient (Wildman–Crippen LogP) is 4.56. The number of benzene rings is 3. The van der Waals surface area contributed by atoms with Crippen LogP contribution in [0.4, 0.5) is 11.4 Å². The molecule has 0 aliphatic rings. The van der Waals surface area contributed by atoms with Crippen molar-refractivity contribution in [2.75, 3.05) is 9.44 Å². The summed E-state index contributed by atoms with van der Waals surface area (Å²) in [5, 5.41) is 0.0704. The summed E-state index contributed by atoms with van der Waals surface area (Å²) in [6, 6.07) is 17.3. The quantitative estimate of drug-likeness (QED) is 0.575. The number of sulfonamides is 2. The van der Waals surface area contributed by atoms with Crippen LogP contribution in [0.5, 0.6) is 0 Å². The first kappa shape index (κ1) is 21.2. The Morgan fingerprint density at radius 2 is 1.31 bits per heavy atom. The van der Waals surface area contributed by atoms with Crippen molar-refractivity contribution in [2.45, 2.75) is 23.6 Å². The van der Waals surface area contributed by atoms with Crippen molar-refractivity contribution in [1.82, 2.24) is 0 Å². The number of nitrogens with one attached hydrogen (secondary N) is 2. The molecule has 3 aromatic carbocycles. The Kier molecular flexibility index (Phi) is 5.88. The van der Waals surface area contributed by atoms with E-state index in [9.17, 15) is 16.8 Å². The predicted molar refractivity (Wildman–Crippen MR) is 115 cm³/mol. The van der Waals surface area contributed by atoms with Crippen LogP contribution in [0.3, 0.4) is 0 Å². The second kappa shape index (κ2) is 8.06. The number of halogens is 1. The highest BCUT2D eigenvalue weighted by atomic mass is 35.5. The zero-order valence-electron chi connectivity index (χ0n) is 15.7. The summed E-state index contributed by atoms with van der Waals surface area (Å²) in [7, 11) is -7.90. The van der Waals surface area contributed by atoms with E-state index in [1.54, 1.807) is 37.3 Å². The molecule has 3 aromatic rings. The maximum absolute atomic E-state index is 12.9. The second-order valence-corrected chi connectivity index (χ2v) is 10.2. The minimum atomic E-state index is -3.98. The smallest absolute Gasteiger partial charge is 0.263 e. The lowest BCUT2D eigenvalue weighted by molar-refractivity contribution is 0.598. The van der Waals surface area contributed by atoms with Gasteiger partial charge >= 0.3 is 0 Å². The lowest BCUT2D eigenvalue weighted by atomic mass is 10.2. The van der Waals surface area contributed by atoms with E-state index < -0.39 is 20.0 Å². The number of hydrogen-bond donors (Lipinski definition) is 2. The average Bonchev–Trinajstić information content (AvgIpc) is 2.63. The molecule has 2 N–H and O–H groups in total. The Morgan fingerprint density at radius 3 is 1.97 bits per heavy atom. The van der Waals surface area contributed by atoms with Gasteiger partial charge in [-0.1, -0.05) is 41.9 Å². The molecular formula is C20H19ClN2O4S2. The molecule has 0 atom stereocenters. The molecule has 9 heteroatoms. The normalized spacial score (nSPS) is 11.8. The van der Waals surface area contributed by atoms with Gasteiger partial charge in [-0.2, -0.15) is 0 Å². The van der Waals surface area contributed by atoms with Gasteiger partial charge < -0.3 is 0 Å². The molecule has 0 heterocycles. The molecular weight excluding hydrogens is 432 g/mol. The van der Waals surface area contributed by atoms with E-state index >= 15 is 0 Å². The highest BCUT2D eigenvalue weighted by Crippen LogP contribution is 2.27. The summed E-state index contributed by atoms with van der Waals surface area (Å²) >= 11 is 5.98. The van der Waals surface area contributed by atoms with Crippen LogP contribution in [-0.4, -0.2) is 16.8 Å².